The molecule has 1 aromatic carbocycles. The fourth-order valence-corrected chi connectivity index (χ4v) is 3.47. The van der Waals surface area contributed by atoms with Gasteiger partial charge in [0.1, 0.15) is 0 Å². The second kappa shape index (κ2) is 9.69. The van der Waals surface area contributed by atoms with Gasteiger partial charge in [0, 0.05) is 36.5 Å². The molecule has 1 N–H and O–H groups in total. The van der Waals surface area contributed by atoms with Gasteiger partial charge in [-0.1, -0.05) is 12.1 Å². The van der Waals surface area contributed by atoms with Gasteiger partial charge in [-0.05, 0) is 43.7 Å². The molecular formula is C20H21F3N2O3S. The fraction of sp³-hybridized carbons (Fsp3) is 0.350. The third kappa shape index (κ3) is 6.70. The number of hydrogen-bond donors (Lipinski definition) is 1. The van der Waals surface area contributed by atoms with E-state index in [0.29, 0.717) is 21.0 Å². The Morgan fingerprint density at radius 1 is 1.10 bits per heavy atom. The summed E-state index contributed by atoms with van der Waals surface area (Å²) in [5.74, 6) is -2.39. The number of benzene rings is 1. The first-order valence-electron chi connectivity index (χ1n) is 8.94. The summed E-state index contributed by atoms with van der Waals surface area (Å²) in [6.45, 7) is 3.03. The number of alkyl halides is 3. The highest BCUT2D eigenvalue weighted by Crippen LogP contribution is 2.21. The number of anilines is 1. The summed E-state index contributed by atoms with van der Waals surface area (Å²) < 4.78 is 37.9. The molecule has 0 unspecified atom stereocenters. The normalized spacial score (nSPS) is 11.2. The predicted octanol–water partition coefficient (Wildman–Crippen LogP) is 4.57. The van der Waals surface area contributed by atoms with Gasteiger partial charge in [0.2, 0.25) is 5.91 Å². The maximum Gasteiger partial charge on any atom is 0.471 e. The smallest absolute Gasteiger partial charge is 0.331 e. The van der Waals surface area contributed by atoms with Crippen molar-refractivity contribution < 1.29 is 27.6 Å². The summed E-state index contributed by atoms with van der Waals surface area (Å²) >= 11 is 1.37. The Hall–Kier alpha value is -2.68. The van der Waals surface area contributed by atoms with Crippen LogP contribution in [0.25, 0.3) is 0 Å². The van der Waals surface area contributed by atoms with E-state index in [9.17, 15) is 27.6 Å². The lowest BCUT2D eigenvalue weighted by atomic mass is 10.1. The lowest BCUT2D eigenvalue weighted by Gasteiger charge is -2.22. The van der Waals surface area contributed by atoms with Gasteiger partial charge in [-0.15, -0.1) is 11.3 Å². The summed E-state index contributed by atoms with van der Waals surface area (Å²) in [6.07, 6.45) is -4.88. The number of ketones is 1. The molecule has 5 nitrogen and oxygen atoms in total. The average Bonchev–Trinajstić information content (AvgIpc) is 3.09. The molecule has 29 heavy (non-hydrogen) atoms. The monoisotopic (exact) mass is 426 g/mol. The van der Waals surface area contributed by atoms with Crippen LogP contribution in [0.3, 0.4) is 0 Å². The van der Waals surface area contributed by atoms with Crippen LogP contribution in [-0.4, -0.2) is 35.2 Å². The van der Waals surface area contributed by atoms with E-state index >= 15 is 0 Å². The Bertz CT molecular complexity index is 893. The van der Waals surface area contributed by atoms with Crippen molar-refractivity contribution in [2.24, 2.45) is 0 Å². The van der Waals surface area contributed by atoms with E-state index in [-0.39, 0.29) is 37.6 Å². The van der Waals surface area contributed by atoms with Crippen LogP contribution in [0.4, 0.5) is 18.9 Å². The third-order valence-electron chi connectivity index (χ3n) is 4.09. The molecule has 2 rings (SSSR count). The lowest BCUT2D eigenvalue weighted by molar-refractivity contribution is -0.185. The van der Waals surface area contributed by atoms with Crippen molar-refractivity contribution in [1.29, 1.82) is 0 Å². The van der Waals surface area contributed by atoms with Crippen LogP contribution in [-0.2, 0) is 16.1 Å². The third-order valence-corrected chi connectivity index (χ3v) is 5.13. The van der Waals surface area contributed by atoms with Gasteiger partial charge >= 0.3 is 12.1 Å². The number of amides is 2. The van der Waals surface area contributed by atoms with Crippen molar-refractivity contribution in [1.82, 2.24) is 4.90 Å². The van der Waals surface area contributed by atoms with Crippen molar-refractivity contribution >= 4 is 34.6 Å². The highest BCUT2D eigenvalue weighted by atomic mass is 32.1. The molecular weight excluding hydrogens is 405 g/mol. The number of aryl methyl sites for hydroxylation is 1. The second-order valence-electron chi connectivity index (χ2n) is 6.40. The first kappa shape index (κ1) is 22.6. The summed E-state index contributed by atoms with van der Waals surface area (Å²) in [5.41, 5.74) is 0.842. The molecule has 0 atom stereocenters. The van der Waals surface area contributed by atoms with Crippen LogP contribution in [0.1, 0.15) is 39.9 Å². The maximum atomic E-state index is 12.6. The highest BCUT2D eigenvalue weighted by Gasteiger charge is 2.41. The minimum atomic E-state index is -4.94. The van der Waals surface area contributed by atoms with Crippen LogP contribution in [0.2, 0.25) is 0 Å². The van der Waals surface area contributed by atoms with E-state index in [1.807, 2.05) is 13.0 Å². The van der Waals surface area contributed by atoms with E-state index in [4.69, 9.17) is 0 Å². The Kier molecular flexibility index (Phi) is 7.55. The maximum absolute atomic E-state index is 12.6. The van der Waals surface area contributed by atoms with E-state index in [0.717, 1.165) is 4.88 Å². The van der Waals surface area contributed by atoms with E-state index in [2.05, 4.69) is 5.32 Å². The molecule has 1 heterocycles. The number of Topliss-reactive ketones (excluding diaryl/α,β-unsaturated/α-hetero) is 1. The molecule has 2 aromatic rings. The van der Waals surface area contributed by atoms with Crippen molar-refractivity contribution in [2.75, 3.05) is 11.9 Å². The standard InChI is InChI=1S/C20H21F3N2O3S/c1-3-25(19(28)20(21,22)23)12-14-5-4-6-15(11-14)24-18(27)10-8-16(26)17-9-7-13(2)29-17/h4-7,9,11H,3,8,10,12H2,1-2H3,(H,24,27). The Morgan fingerprint density at radius 2 is 1.83 bits per heavy atom. The number of thiophene rings is 1. The average molecular weight is 426 g/mol. The number of halogens is 3. The van der Waals surface area contributed by atoms with Gasteiger partial charge in [-0.3, -0.25) is 14.4 Å². The molecule has 0 aliphatic heterocycles. The minimum absolute atomic E-state index is 0.00630. The molecule has 0 aliphatic carbocycles. The molecule has 0 bridgehead atoms. The summed E-state index contributed by atoms with van der Waals surface area (Å²) in [4.78, 5) is 37.9. The number of rotatable bonds is 8. The SMILES string of the molecule is CCN(Cc1cccc(NC(=O)CCC(=O)c2ccc(C)s2)c1)C(=O)C(F)(F)F. The minimum Gasteiger partial charge on any atom is -0.331 e. The topological polar surface area (TPSA) is 66.5 Å². The number of carbonyl (C=O) groups is 3. The van der Waals surface area contributed by atoms with E-state index in [1.54, 1.807) is 24.3 Å². The van der Waals surface area contributed by atoms with Gasteiger partial charge in [0.15, 0.2) is 5.78 Å². The zero-order valence-electron chi connectivity index (χ0n) is 16.0. The molecule has 0 aliphatic rings. The van der Waals surface area contributed by atoms with Crippen molar-refractivity contribution in [3.63, 3.8) is 0 Å². The van der Waals surface area contributed by atoms with Crippen molar-refractivity contribution in [3.05, 3.63) is 51.7 Å². The van der Waals surface area contributed by atoms with Gasteiger partial charge in [-0.2, -0.15) is 13.2 Å². The zero-order valence-corrected chi connectivity index (χ0v) is 16.8. The molecule has 1 aromatic heterocycles. The molecule has 9 heteroatoms. The fourth-order valence-electron chi connectivity index (χ4n) is 2.63. The Labute approximate surface area is 170 Å². The molecule has 156 valence electrons. The number of hydrogen-bond acceptors (Lipinski definition) is 4. The predicted molar refractivity (Wildman–Crippen MR) is 105 cm³/mol. The second-order valence-corrected chi connectivity index (χ2v) is 7.69. The molecule has 2 amide bonds. The van der Waals surface area contributed by atoms with E-state index in [1.165, 1.54) is 24.3 Å². The van der Waals surface area contributed by atoms with Gasteiger partial charge in [0.05, 0.1) is 4.88 Å². The van der Waals surface area contributed by atoms with Crippen LogP contribution < -0.4 is 5.32 Å². The van der Waals surface area contributed by atoms with Gasteiger partial charge in [0.25, 0.3) is 0 Å². The quantitative estimate of drug-likeness (QED) is 0.629. The summed E-state index contributed by atoms with van der Waals surface area (Å²) in [7, 11) is 0. The van der Waals surface area contributed by atoms with Crippen molar-refractivity contribution in [2.45, 2.75) is 39.4 Å². The molecule has 0 fully saturated rings. The van der Waals surface area contributed by atoms with Gasteiger partial charge < -0.3 is 10.2 Å². The highest BCUT2D eigenvalue weighted by molar-refractivity contribution is 7.14. The van der Waals surface area contributed by atoms with Crippen LogP contribution >= 0.6 is 11.3 Å². The molecule has 0 spiro atoms. The van der Waals surface area contributed by atoms with Crippen molar-refractivity contribution in [3.8, 4) is 0 Å². The first-order valence-corrected chi connectivity index (χ1v) is 9.76. The number of nitrogens with one attached hydrogen (secondary N) is 1. The Morgan fingerprint density at radius 3 is 2.41 bits per heavy atom. The number of carbonyl (C=O) groups excluding carboxylic acids is 3. The first-order chi connectivity index (χ1) is 13.6. The summed E-state index contributed by atoms with van der Waals surface area (Å²) in [6, 6.07) is 9.82. The van der Waals surface area contributed by atoms with E-state index < -0.39 is 12.1 Å². The molecule has 0 saturated carbocycles. The van der Waals surface area contributed by atoms with Gasteiger partial charge in [-0.25, -0.2) is 0 Å². The summed E-state index contributed by atoms with van der Waals surface area (Å²) in [5, 5.41) is 2.63. The zero-order chi connectivity index (χ0) is 21.6. The largest absolute Gasteiger partial charge is 0.471 e. The lowest BCUT2D eigenvalue weighted by Crippen LogP contribution is -2.40. The number of nitrogens with zero attached hydrogens (tertiary/aromatic N) is 1. The van der Waals surface area contributed by atoms with Crippen LogP contribution in [0.15, 0.2) is 36.4 Å². The molecule has 0 radical (unpaired) electrons. The van der Waals surface area contributed by atoms with Crippen LogP contribution in [0, 0.1) is 6.92 Å². The molecule has 0 saturated heterocycles. The Balaban J connectivity index is 1.94. The van der Waals surface area contributed by atoms with Crippen LogP contribution in [0.5, 0.6) is 0 Å².